The Labute approximate surface area is 158 Å². The number of carbonyl (C=O) groups is 1. The zero-order valence-electron chi connectivity index (χ0n) is 15.0. The van der Waals surface area contributed by atoms with Gasteiger partial charge in [0.25, 0.3) is 0 Å². The Morgan fingerprint density at radius 1 is 1.07 bits per heavy atom. The number of rotatable bonds is 4. The van der Waals surface area contributed by atoms with Crippen LogP contribution in [-0.4, -0.2) is 11.1 Å². The predicted octanol–water partition coefficient (Wildman–Crippen LogP) is 4.72. The molecular formula is C23H20O4. The van der Waals surface area contributed by atoms with Crippen LogP contribution in [0.4, 0.5) is 0 Å². The topological polar surface area (TPSA) is 55.8 Å². The largest absolute Gasteiger partial charge is 0.508 e. The van der Waals surface area contributed by atoms with E-state index in [2.05, 4.69) is 19.1 Å². The Kier molecular flexibility index (Phi) is 4.55. The van der Waals surface area contributed by atoms with Crippen molar-refractivity contribution in [1.82, 2.24) is 0 Å². The van der Waals surface area contributed by atoms with Gasteiger partial charge in [-0.1, -0.05) is 48.0 Å². The molecule has 0 aliphatic carbocycles. The molecule has 1 unspecified atom stereocenters. The second kappa shape index (κ2) is 7.16. The monoisotopic (exact) mass is 360 g/mol. The average molecular weight is 360 g/mol. The second-order valence-corrected chi connectivity index (χ2v) is 6.80. The maximum absolute atomic E-state index is 11.9. The van der Waals surface area contributed by atoms with Crippen molar-refractivity contribution in [2.45, 2.75) is 25.9 Å². The fourth-order valence-electron chi connectivity index (χ4n) is 3.40. The van der Waals surface area contributed by atoms with Crippen LogP contribution in [0.5, 0.6) is 17.2 Å². The number of ether oxygens (including phenoxy) is 2. The van der Waals surface area contributed by atoms with E-state index in [4.69, 9.17) is 9.47 Å². The highest BCUT2D eigenvalue weighted by Gasteiger charge is 2.28. The summed E-state index contributed by atoms with van der Waals surface area (Å²) in [6.45, 7) is 2.57. The van der Waals surface area contributed by atoms with Gasteiger partial charge in [-0.2, -0.15) is 0 Å². The molecule has 0 bridgehead atoms. The van der Waals surface area contributed by atoms with Gasteiger partial charge in [-0.05, 0) is 36.2 Å². The lowest BCUT2D eigenvalue weighted by molar-refractivity contribution is -0.135. The molecule has 0 saturated heterocycles. The third-order valence-electron chi connectivity index (χ3n) is 4.74. The Bertz CT molecular complexity index is 976. The van der Waals surface area contributed by atoms with Gasteiger partial charge >= 0.3 is 5.97 Å². The van der Waals surface area contributed by atoms with Gasteiger partial charge < -0.3 is 14.6 Å². The van der Waals surface area contributed by atoms with E-state index in [0.717, 1.165) is 22.4 Å². The summed E-state index contributed by atoms with van der Waals surface area (Å²) < 4.78 is 11.1. The number of hydrogen-bond donors (Lipinski definition) is 1. The van der Waals surface area contributed by atoms with Crippen LogP contribution in [0.15, 0.2) is 66.7 Å². The zero-order valence-corrected chi connectivity index (χ0v) is 15.0. The zero-order chi connectivity index (χ0) is 18.8. The third kappa shape index (κ3) is 3.80. The molecule has 4 heteroatoms. The van der Waals surface area contributed by atoms with Crippen molar-refractivity contribution in [3.8, 4) is 17.2 Å². The van der Waals surface area contributed by atoms with Crippen molar-refractivity contribution >= 4 is 5.97 Å². The molecule has 4 nitrogen and oxygen atoms in total. The van der Waals surface area contributed by atoms with E-state index < -0.39 is 0 Å². The molecule has 1 atom stereocenters. The van der Waals surface area contributed by atoms with E-state index in [9.17, 15) is 9.90 Å². The number of hydrogen-bond acceptors (Lipinski definition) is 4. The minimum atomic E-state index is -0.294. The quantitative estimate of drug-likeness (QED) is 0.540. The van der Waals surface area contributed by atoms with Crippen LogP contribution in [-0.2, 0) is 11.4 Å². The molecule has 3 aromatic rings. The maximum Gasteiger partial charge on any atom is 0.312 e. The second-order valence-electron chi connectivity index (χ2n) is 6.80. The Morgan fingerprint density at radius 2 is 1.89 bits per heavy atom. The summed E-state index contributed by atoms with van der Waals surface area (Å²) >= 11 is 0. The van der Waals surface area contributed by atoms with Crippen molar-refractivity contribution in [3.05, 3.63) is 89.0 Å². The highest BCUT2D eigenvalue weighted by Crippen LogP contribution is 2.40. The van der Waals surface area contributed by atoms with Crippen molar-refractivity contribution in [2.75, 3.05) is 0 Å². The van der Waals surface area contributed by atoms with E-state index in [1.807, 2.05) is 42.5 Å². The number of phenols is 1. The van der Waals surface area contributed by atoms with Gasteiger partial charge in [-0.25, -0.2) is 0 Å². The van der Waals surface area contributed by atoms with Crippen molar-refractivity contribution in [1.29, 1.82) is 0 Å². The van der Waals surface area contributed by atoms with E-state index in [-0.39, 0.29) is 24.1 Å². The van der Waals surface area contributed by atoms with Crippen LogP contribution in [0.2, 0.25) is 0 Å². The molecule has 0 fully saturated rings. The Balaban J connectivity index is 1.52. The average Bonchev–Trinajstić information content (AvgIpc) is 2.66. The van der Waals surface area contributed by atoms with E-state index in [1.54, 1.807) is 6.07 Å². The number of carbonyl (C=O) groups excluding carboxylic acids is 1. The number of phenolic OH excluding ortho intramolecular Hbond substituents is 1. The summed E-state index contributed by atoms with van der Waals surface area (Å²) in [5.41, 5.74) is 4.26. The van der Waals surface area contributed by atoms with Gasteiger partial charge in [0.15, 0.2) is 0 Å². The standard InChI is InChI=1S/C23H20O4/c1-15-3-2-4-16(11-15)14-26-19-8-5-17(6-9-19)21-13-23(25)27-22-12-18(24)7-10-20(21)22/h2-12,21,24H,13-14H2,1H3. The summed E-state index contributed by atoms with van der Waals surface area (Å²) in [5.74, 6) is 0.910. The first-order valence-corrected chi connectivity index (χ1v) is 8.90. The number of benzene rings is 3. The molecule has 0 saturated carbocycles. The molecule has 4 rings (SSSR count). The summed E-state index contributed by atoms with van der Waals surface area (Å²) in [6.07, 6.45) is 0.279. The maximum atomic E-state index is 11.9. The lowest BCUT2D eigenvalue weighted by atomic mass is 9.86. The lowest BCUT2D eigenvalue weighted by Crippen LogP contribution is -2.20. The van der Waals surface area contributed by atoms with Gasteiger partial charge in [0.2, 0.25) is 0 Å². The van der Waals surface area contributed by atoms with E-state index in [1.165, 1.54) is 11.6 Å². The molecule has 0 spiro atoms. The molecule has 136 valence electrons. The summed E-state index contributed by atoms with van der Waals surface area (Å²) in [6, 6.07) is 20.9. The molecular weight excluding hydrogens is 340 g/mol. The highest BCUT2D eigenvalue weighted by atomic mass is 16.5. The van der Waals surface area contributed by atoms with Crippen LogP contribution in [0, 0.1) is 6.92 Å². The third-order valence-corrected chi connectivity index (χ3v) is 4.74. The van der Waals surface area contributed by atoms with Gasteiger partial charge in [-0.15, -0.1) is 0 Å². The molecule has 0 aromatic heterocycles. The van der Waals surface area contributed by atoms with Crippen LogP contribution in [0.3, 0.4) is 0 Å². The summed E-state index contributed by atoms with van der Waals surface area (Å²) in [4.78, 5) is 11.9. The minimum Gasteiger partial charge on any atom is -0.508 e. The number of fused-ring (bicyclic) bond motifs is 1. The molecule has 1 aliphatic heterocycles. The van der Waals surface area contributed by atoms with Crippen LogP contribution >= 0.6 is 0 Å². The molecule has 27 heavy (non-hydrogen) atoms. The molecule has 1 heterocycles. The van der Waals surface area contributed by atoms with E-state index >= 15 is 0 Å². The van der Waals surface area contributed by atoms with Crippen molar-refractivity contribution < 1.29 is 19.4 Å². The number of aromatic hydroxyl groups is 1. The molecule has 0 amide bonds. The van der Waals surface area contributed by atoms with Crippen LogP contribution in [0.1, 0.15) is 34.6 Å². The first-order chi connectivity index (χ1) is 13.1. The fourth-order valence-corrected chi connectivity index (χ4v) is 3.40. The van der Waals surface area contributed by atoms with Crippen molar-refractivity contribution in [3.63, 3.8) is 0 Å². The number of aryl methyl sites for hydroxylation is 1. The van der Waals surface area contributed by atoms with Crippen LogP contribution < -0.4 is 9.47 Å². The Hall–Kier alpha value is -3.27. The summed E-state index contributed by atoms with van der Waals surface area (Å²) in [7, 11) is 0. The SMILES string of the molecule is Cc1cccc(COc2ccc(C3CC(=O)Oc4cc(O)ccc43)cc2)c1. The summed E-state index contributed by atoms with van der Waals surface area (Å²) in [5, 5.41) is 9.63. The smallest absolute Gasteiger partial charge is 0.312 e. The lowest BCUT2D eigenvalue weighted by Gasteiger charge is -2.25. The molecule has 1 aliphatic rings. The molecule has 1 N–H and O–H groups in total. The molecule has 0 radical (unpaired) electrons. The van der Waals surface area contributed by atoms with E-state index in [0.29, 0.717) is 12.4 Å². The Morgan fingerprint density at radius 3 is 2.67 bits per heavy atom. The first-order valence-electron chi connectivity index (χ1n) is 8.90. The number of esters is 1. The van der Waals surface area contributed by atoms with Gasteiger partial charge in [0.05, 0.1) is 6.42 Å². The normalized spacial score (nSPS) is 15.7. The predicted molar refractivity (Wildman–Crippen MR) is 102 cm³/mol. The van der Waals surface area contributed by atoms with Gasteiger partial charge in [0, 0.05) is 17.5 Å². The minimum absolute atomic E-state index is 0.0853. The molecule has 3 aromatic carbocycles. The van der Waals surface area contributed by atoms with Crippen LogP contribution in [0.25, 0.3) is 0 Å². The van der Waals surface area contributed by atoms with Gasteiger partial charge in [0.1, 0.15) is 23.9 Å². The fraction of sp³-hybridized carbons (Fsp3) is 0.174. The van der Waals surface area contributed by atoms with Crippen molar-refractivity contribution in [2.24, 2.45) is 0 Å². The van der Waals surface area contributed by atoms with Gasteiger partial charge in [-0.3, -0.25) is 4.79 Å². The first kappa shape index (κ1) is 17.2. The highest BCUT2D eigenvalue weighted by molar-refractivity contribution is 5.78.